The molecule has 0 saturated carbocycles. The minimum Gasteiger partial charge on any atom is -0.465 e. The van der Waals surface area contributed by atoms with Crippen LogP contribution in [0.2, 0.25) is 0 Å². The molecule has 1 nitrogen and oxygen atoms in total. The van der Waals surface area contributed by atoms with Gasteiger partial charge in [0.15, 0.2) is 0 Å². The van der Waals surface area contributed by atoms with Crippen molar-refractivity contribution >= 4 is 0 Å². The van der Waals surface area contributed by atoms with Crippen LogP contribution in [-0.4, -0.2) is 0 Å². The number of hydrogen-bond donors (Lipinski definition) is 0. The van der Waals surface area contributed by atoms with Crippen LogP contribution in [0.1, 0.15) is 51.1 Å². The maximum atomic E-state index is 6.46. The monoisotopic (exact) mass is 332 g/mol. The fourth-order valence-corrected chi connectivity index (χ4v) is 3.38. The molecule has 1 aromatic heterocycles. The van der Waals surface area contributed by atoms with Crippen LogP contribution in [0, 0.1) is 0 Å². The average Bonchev–Trinajstić information content (AvgIpc) is 3.04. The van der Waals surface area contributed by atoms with Crippen LogP contribution in [0.3, 0.4) is 0 Å². The van der Waals surface area contributed by atoms with E-state index in [4.69, 9.17) is 4.42 Å². The minimum atomic E-state index is 1.01. The number of furan rings is 1. The third-order valence-electron chi connectivity index (χ3n) is 4.69. The molecule has 25 heavy (non-hydrogen) atoms. The van der Waals surface area contributed by atoms with Crippen molar-refractivity contribution < 1.29 is 4.42 Å². The molecular weight excluding hydrogens is 304 g/mol. The molecule has 0 amide bonds. The highest BCUT2D eigenvalue weighted by atomic mass is 16.3. The molecule has 0 radical (unpaired) electrons. The fourth-order valence-electron chi connectivity index (χ4n) is 3.38. The summed E-state index contributed by atoms with van der Waals surface area (Å²) >= 11 is 0. The van der Waals surface area contributed by atoms with Gasteiger partial charge >= 0.3 is 0 Å². The first-order valence-corrected chi connectivity index (χ1v) is 9.60. The van der Waals surface area contributed by atoms with Gasteiger partial charge < -0.3 is 4.42 Å². The van der Waals surface area contributed by atoms with Crippen molar-refractivity contribution in [1.82, 2.24) is 0 Å². The largest absolute Gasteiger partial charge is 0.465 e. The molecule has 0 fully saturated rings. The van der Waals surface area contributed by atoms with Crippen LogP contribution in [0.4, 0.5) is 0 Å². The molecule has 0 atom stereocenters. The van der Waals surface area contributed by atoms with Crippen molar-refractivity contribution in [2.45, 2.75) is 52.4 Å². The maximum absolute atomic E-state index is 6.46. The van der Waals surface area contributed by atoms with Gasteiger partial charge in [-0.25, -0.2) is 0 Å². The van der Waals surface area contributed by atoms with Crippen molar-refractivity contribution in [2.24, 2.45) is 0 Å². The molecular formula is C24H28O. The quantitative estimate of drug-likeness (QED) is 0.422. The van der Waals surface area contributed by atoms with Gasteiger partial charge in [-0.05, 0) is 24.0 Å². The third-order valence-corrected chi connectivity index (χ3v) is 4.69. The van der Waals surface area contributed by atoms with E-state index < -0.39 is 0 Å². The Morgan fingerprint density at radius 2 is 1.00 bits per heavy atom. The third kappa shape index (κ3) is 4.04. The van der Waals surface area contributed by atoms with E-state index in [1.54, 1.807) is 0 Å². The Balaban J connectivity index is 2.18. The van der Waals surface area contributed by atoms with Crippen molar-refractivity contribution in [1.29, 1.82) is 0 Å². The molecule has 0 spiro atoms. The number of aryl methyl sites for hydroxylation is 2. The normalized spacial score (nSPS) is 11.0. The number of rotatable bonds is 8. The van der Waals surface area contributed by atoms with Crippen molar-refractivity contribution in [3.05, 3.63) is 72.2 Å². The first-order valence-electron chi connectivity index (χ1n) is 9.60. The Morgan fingerprint density at radius 1 is 0.600 bits per heavy atom. The van der Waals surface area contributed by atoms with Gasteiger partial charge in [0.25, 0.3) is 0 Å². The van der Waals surface area contributed by atoms with Gasteiger partial charge in [0.2, 0.25) is 0 Å². The van der Waals surface area contributed by atoms with Crippen LogP contribution in [0.25, 0.3) is 22.3 Å². The van der Waals surface area contributed by atoms with Crippen molar-refractivity contribution in [3.8, 4) is 22.3 Å². The second-order valence-corrected chi connectivity index (χ2v) is 6.64. The SMILES string of the molecule is CCCCc1oc(CCCC)c(-c2ccccc2)c1-c1ccccc1. The zero-order valence-electron chi connectivity index (χ0n) is 15.4. The molecule has 0 saturated heterocycles. The lowest BCUT2D eigenvalue weighted by atomic mass is 9.92. The van der Waals surface area contributed by atoms with E-state index >= 15 is 0 Å². The van der Waals surface area contributed by atoms with Gasteiger partial charge in [0.05, 0.1) is 0 Å². The molecule has 0 aliphatic carbocycles. The first-order chi connectivity index (χ1) is 12.3. The molecule has 1 heterocycles. The molecule has 0 bridgehead atoms. The highest BCUT2D eigenvalue weighted by Crippen LogP contribution is 2.41. The lowest BCUT2D eigenvalue weighted by Gasteiger charge is -2.08. The standard InChI is InChI=1S/C24H28O/c1-3-5-17-21-23(19-13-9-7-10-14-19)24(20-15-11-8-12-16-20)22(25-21)18-6-4-2/h7-16H,3-6,17-18H2,1-2H3. The highest BCUT2D eigenvalue weighted by Gasteiger charge is 2.22. The zero-order chi connectivity index (χ0) is 17.5. The van der Waals surface area contributed by atoms with E-state index in [1.807, 2.05) is 0 Å². The van der Waals surface area contributed by atoms with Crippen LogP contribution in [-0.2, 0) is 12.8 Å². The topological polar surface area (TPSA) is 13.1 Å². The van der Waals surface area contributed by atoms with Crippen LogP contribution >= 0.6 is 0 Å². The fraction of sp³-hybridized carbons (Fsp3) is 0.333. The summed E-state index contributed by atoms with van der Waals surface area (Å²) in [5.74, 6) is 2.30. The van der Waals surface area contributed by atoms with Gasteiger partial charge in [-0.3, -0.25) is 0 Å². The zero-order valence-corrected chi connectivity index (χ0v) is 15.4. The second kappa shape index (κ2) is 8.71. The summed E-state index contributed by atoms with van der Waals surface area (Å²) in [4.78, 5) is 0. The summed E-state index contributed by atoms with van der Waals surface area (Å²) in [6, 6.07) is 21.4. The molecule has 0 unspecified atom stereocenters. The van der Waals surface area contributed by atoms with Gasteiger partial charge in [0, 0.05) is 24.0 Å². The van der Waals surface area contributed by atoms with E-state index in [9.17, 15) is 0 Å². The summed E-state index contributed by atoms with van der Waals surface area (Å²) in [6.45, 7) is 4.47. The Hall–Kier alpha value is -2.28. The summed E-state index contributed by atoms with van der Waals surface area (Å²) < 4.78 is 6.46. The predicted molar refractivity (Wildman–Crippen MR) is 107 cm³/mol. The number of unbranched alkanes of at least 4 members (excludes halogenated alkanes) is 2. The molecule has 0 aliphatic rings. The summed E-state index contributed by atoms with van der Waals surface area (Å²) in [5.41, 5.74) is 5.12. The average molecular weight is 332 g/mol. The maximum Gasteiger partial charge on any atom is 0.112 e. The summed E-state index contributed by atoms with van der Waals surface area (Å²) in [7, 11) is 0. The highest BCUT2D eigenvalue weighted by molar-refractivity contribution is 5.86. The summed E-state index contributed by atoms with van der Waals surface area (Å²) in [6.07, 6.45) is 6.70. The first kappa shape index (κ1) is 17.5. The van der Waals surface area contributed by atoms with E-state index in [1.165, 1.54) is 35.1 Å². The van der Waals surface area contributed by atoms with Crippen molar-refractivity contribution in [3.63, 3.8) is 0 Å². The smallest absolute Gasteiger partial charge is 0.112 e. The van der Waals surface area contributed by atoms with Gasteiger partial charge in [-0.1, -0.05) is 87.4 Å². The Morgan fingerprint density at radius 3 is 1.36 bits per heavy atom. The Kier molecular flexibility index (Phi) is 6.11. The molecule has 3 aromatic rings. The lowest BCUT2D eigenvalue weighted by molar-refractivity contribution is 0.455. The Labute approximate surface area is 151 Å². The van der Waals surface area contributed by atoms with Gasteiger partial charge in [0.1, 0.15) is 11.5 Å². The second-order valence-electron chi connectivity index (χ2n) is 6.64. The van der Waals surface area contributed by atoms with Gasteiger partial charge in [-0.15, -0.1) is 0 Å². The van der Waals surface area contributed by atoms with E-state index in [0.717, 1.165) is 37.2 Å². The number of hydrogen-bond acceptors (Lipinski definition) is 1. The lowest BCUT2D eigenvalue weighted by Crippen LogP contribution is -1.89. The van der Waals surface area contributed by atoms with E-state index in [0.29, 0.717) is 0 Å². The van der Waals surface area contributed by atoms with Crippen LogP contribution in [0.15, 0.2) is 65.1 Å². The predicted octanol–water partition coefficient (Wildman–Crippen LogP) is 7.30. The molecule has 0 aliphatic heterocycles. The molecule has 2 aromatic carbocycles. The Bertz CT molecular complexity index is 703. The molecule has 130 valence electrons. The minimum absolute atomic E-state index is 1.01. The van der Waals surface area contributed by atoms with Crippen LogP contribution in [0.5, 0.6) is 0 Å². The molecule has 3 rings (SSSR count). The van der Waals surface area contributed by atoms with E-state index in [2.05, 4.69) is 74.5 Å². The van der Waals surface area contributed by atoms with Gasteiger partial charge in [-0.2, -0.15) is 0 Å². The summed E-state index contributed by atoms with van der Waals surface area (Å²) in [5, 5.41) is 0. The van der Waals surface area contributed by atoms with Crippen molar-refractivity contribution in [2.75, 3.05) is 0 Å². The van der Waals surface area contributed by atoms with E-state index in [-0.39, 0.29) is 0 Å². The number of benzene rings is 2. The molecule has 1 heteroatoms. The van der Waals surface area contributed by atoms with Crippen LogP contribution < -0.4 is 0 Å². The molecule has 0 N–H and O–H groups in total.